The Hall–Kier alpha value is -0.860. The molecule has 0 amide bonds. The molecule has 2 nitrogen and oxygen atoms in total. The van der Waals surface area contributed by atoms with Gasteiger partial charge in [-0.15, -0.1) is 0 Å². The average molecular weight is 271 g/mol. The molecule has 108 valence electrons. The molecule has 0 bridgehead atoms. The molecule has 0 heterocycles. The number of benzene rings is 1. The number of aliphatic hydroxyl groups excluding tert-OH is 1. The monoisotopic (exact) mass is 271 g/mol. The van der Waals surface area contributed by atoms with E-state index in [1.165, 1.54) is 49.9 Å². The lowest BCUT2D eigenvalue weighted by Crippen LogP contribution is -2.44. The van der Waals surface area contributed by atoms with Crippen LogP contribution < -0.4 is 0 Å². The Balaban J connectivity index is 1.53. The number of hydrogen-bond donors (Lipinski definition) is 1. The minimum atomic E-state index is -0.280. The number of nitrogens with zero attached hydrogens (tertiary/aromatic N) is 1. The van der Waals surface area contributed by atoms with E-state index in [1.807, 2.05) is 0 Å². The Morgan fingerprint density at radius 3 is 2.25 bits per heavy atom. The lowest BCUT2D eigenvalue weighted by Gasteiger charge is -2.39. The molecule has 1 N–H and O–H groups in total. The molecule has 0 radical (unpaired) electrons. The highest BCUT2D eigenvalue weighted by molar-refractivity contribution is 5.32. The third-order valence-corrected chi connectivity index (χ3v) is 5.30. The molecule has 3 aliphatic carbocycles. The van der Waals surface area contributed by atoms with Crippen molar-refractivity contribution in [2.75, 3.05) is 13.1 Å². The Kier molecular flexibility index (Phi) is 3.31. The van der Waals surface area contributed by atoms with Crippen molar-refractivity contribution in [1.82, 2.24) is 4.90 Å². The SMILES string of the molecule is OC1c2ccccc2CCC1N(CC1CC1)CC1CC1. The van der Waals surface area contributed by atoms with Gasteiger partial charge in [-0.25, -0.2) is 0 Å². The highest BCUT2D eigenvalue weighted by Crippen LogP contribution is 2.39. The molecule has 2 atom stereocenters. The molecule has 2 saturated carbocycles. The van der Waals surface area contributed by atoms with Gasteiger partial charge in [0, 0.05) is 19.1 Å². The predicted molar refractivity (Wildman–Crippen MR) is 80.5 cm³/mol. The smallest absolute Gasteiger partial charge is 0.0947 e. The van der Waals surface area contributed by atoms with Crippen molar-refractivity contribution < 1.29 is 5.11 Å². The van der Waals surface area contributed by atoms with Crippen LogP contribution >= 0.6 is 0 Å². The van der Waals surface area contributed by atoms with Gasteiger partial charge in [0.15, 0.2) is 0 Å². The Bertz CT molecular complexity index is 464. The van der Waals surface area contributed by atoms with Crippen LogP contribution in [0, 0.1) is 11.8 Å². The quantitative estimate of drug-likeness (QED) is 0.889. The number of hydrogen-bond acceptors (Lipinski definition) is 2. The Morgan fingerprint density at radius 2 is 1.60 bits per heavy atom. The fourth-order valence-corrected chi connectivity index (χ4v) is 3.71. The fourth-order valence-electron chi connectivity index (χ4n) is 3.71. The van der Waals surface area contributed by atoms with Gasteiger partial charge >= 0.3 is 0 Å². The molecule has 0 aromatic heterocycles. The molecule has 1 aromatic carbocycles. The molecular weight excluding hydrogens is 246 g/mol. The van der Waals surface area contributed by atoms with Crippen LogP contribution in [0.1, 0.15) is 49.3 Å². The standard InChI is InChI=1S/C18H25NO/c20-18-16-4-2-1-3-15(16)9-10-17(18)19(11-13-5-6-13)12-14-7-8-14/h1-4,13-14,17-18,20H,5-12H2. The van der Waals surface area contributed by atoms with Crippen LogP contribution in [0.5, 0.6) is 0 Å². The number of aryl methyl sites for hydroxylation is 1. The maximum absolute atomic E-state index is 10.8. The van der Waals surface area contributed by atoms with Crippen molar-refractivity contribution in [1.29, 1.82) is 0 Å². The first-order valence-corrected chi connectivity index (χ1v) is 8.31. The topological polar surface area (TPSA) is 23.5 Å². The molecule has 3 aliphatic rings. The first-order valence-electron chi connectivity index (χ1n) is 8.31. The molecular formula is C18H25NO. The number of aliphatic hydroxyl groups is 1. The highest BCUT2D eigenvalue weighted by Gasteiger charge is 2.37. The third-order valence-electron chi connectivity index (χ3n) is 5.30. The molecule has 0 saturated heterocycles. The Morgan fingerprint density at radius 1 is 0.950 bits per heavy atom. The predicted octanol–water partition coefficient (Wildman–Crippen LogP) is 3.16. The summed E-state index contributed by atoms with van der Waals surface area (Å²) in [4.78, 5) is 2.63. The summed E-state index contributed by atoms with van der Waals surface area (Å²) in [7, 11) is 0. The van der Waals surface area contributed by atoms with Crippen molar-refractivity contribution in [2.45, 2.75) is 50.7 Å². The molecule has 0 spiro atoms. The maximum atomic E-state index is 10.8. The molecule has 0 aliphatic heterocycles. The van der Waals surface area contributed by atoms with Crippen LogP contribution in [0.2, 0.25) is 0 Å². The van der Waals surface area contributed by atoms with E-state index in [9.17, 15) is 5.11 Å². The molecule has 2 fully saturated rings. The molecule has 1 aromatic rings. The van der Waals surface area contributed by atoms with E-state index >= 15 is 0 Å². The van der Waals surface area contributed by atoms with Gasteiger partial charge in [-0.1, -0.05) is 24.3 Å². The van der Waals surface area contributed by atoms with E-state index in [2.05, 4.69) is 29.2 Å². The highest BCUT2D eigenvalue weighted by atomic mass is 16.3. The minimum Gasteiger partial charge on any atom is -0.387 e. The first-order chi connectivity index (χ1) is 9.81. The second-order valence-corrected chi connectivity index (χ2v) is 7.09. The van der Waals surface area contributed by atoms with Crippen LogP contribution in [0.4, 0.5) is 0 Å². The van der Waals surface area contributed by atoms with Gasteiger partial charge in [0.05, 0.1) is 6.10 Å². The van der Waals surface area contributed by atoms with Gasteiger partial charge in [-0.3, -0.25) is 4.90 Å². The van der Waals surface area contributed by atoms with Crippen molar-refractivity contribution >= 4 is 0 Å². The summed E-state index contributed by atoms with van der Waals surface area (Å²) in [6.07, 6.45) is 7.58. The van der Waals surface area contributed by atoms with Gasteiger partial charge in [0.25, 0.3) is 0 Å². The maximum Gasteiger partial charge on any atom is 0.0947 e. The van der Waals surface area contributed by atoms with Gasteiger partial charge in [0.2, 0.25) is 0 Å². The zero-order chi connectivity index (χ0) is 13.5. The van der Waals surface area contributed by atoms with E-state index in [4.69, 9.17) is 0 Å². The summed E-state index contributed by atoms with van der Waals surface area (Å²) in [5, 5.41) is 10.8. The molecule has 4 rings (SSSR count). The third kappa shape index (κ3) is 2.64. The van der Waals surface area contributed by atoms with E-state index in [0.29, 0.717) is 6.04 Å². The molecule has 2 heteroatoms. The van der Waals surface area contributed by atoms with E-state index in [1.54, 1.807) is 0 Å². The zero-order valence-corrected chi connectivity index (χ0v) is 12.2. The van der Waals surface area contributed by atoms with Crippen molar-refractivity contribution in [3.63, 3.8) is 0 Å². The second-order valence-electron chi connectivity index (χ2n) is 7.09. The molecule has 20 heavy (non-hydrogen) atoms. The van der Waals surface area contributed by atoms with Gasteiger partial charge in [-0.05, 0) is 61.5 Å². The largest absolute Gasteiger partial charge is 0.387 e. The van der Waals surface area contributed by atoms with Crippen LogP contribution in [0.15, 0.2) is 24.3 Å². The summed E-state index contributed by atoms with van der Waals surface area (Å²) in [6.45, 7) is 2.45. The van der Waals surface area contributed by atoms with Crippen molar-refractivity contribution in [2.24, 2.45) is 11.8 Å². The summed E-state index contributed by atoms with van der Waals surface area (Å²) in [5.74, 6) is 1.83. The van der Waals surface area contributed by atoms with Gasteiger partial charge in [0.1, 0.15) is 0 Å². The van der Waals surface area contributed by atoms with Crippen LogP contribution in [-0.4, -0.2) is 29.1 Å². The second kappa shape index (κ2) is 5.16. The van der Waals surface area contributed by atoms with Gasteiger partial charge < -0.3 is 5.11 Å². The van der Waals surface area contributed by atoms with Crippen molar-refractivity contribution in [3.8, 4) is 0 Å². The Labute approximate surface area is 121 Å². The number of fused-ring (bicyclic) bond motifs is 1. The summed E-state index contributed by atoms with van der Waals surface area (Å²) < 4.78 is 0. The van der Waals surface area contributed by atoms with Crippen LogP contribution in [0.25, 0.3) is 0 Å². The van der Waals surface area contributed by atoms with E-state index in [-0.39, 0.29) is 6.10 Å². The fraction of sp³-hybridized carbons (Fsp3) is 0.667. The first kappa shape index (κ1) is 12.8. The summed E-state index contributed by atoms with van der Waals surface area (Å²) in [5.41, 5.74) is 2.54. The van der Waals surface area contributed by atoms with E-state index < -0.39 is 0 Å². The lowest BCUT2D eigenvalue weighted by molar-refractivity contribution is 0.0307. The lowest BCUT2D eigenvalue weighted by atomic mass is 9.85. The normalized spacial score (nSPS) is 29.5. The zero-order valence-electron chi connectivity index (χ0n) is 12.2. The minimum absolute atomic E-state index is 0.280. The van der Waals surface area contributed by atoms with Gasteiger partial charge in [-0.2, -0.15) is 0 Å². The number of rotatable bonds is 5. The summed E-state index contributed by atoms with van der Waals surface area (Å²) in [6, 6.07) is 8.82. The summed E-state index contributed by atoms with van der Waals surface area (Å²) >= 11 is 0. The average Bonchev–Trinajstić information content (AvgIpc) is 3.35. The van der Waals surface area contributed by atoms with E-state index in [0.717, 1.165) is 24.7 Å². The van der Waals surface area contributed by atoms with Crippen molar-refractivity contribution in [3.05, 3.63) is 35.4 Å². The molecule has 2 unspecified atom stereocenters. The van der Waals surface area contributed by atoms with Crippen LogP contribution in [0.3, 0.4) is 0 Å². The van der Waals surface area contributed by atoms with Crippen LogP contribution in [-0.2, 0) is 6.42 Å².